The van der Waals surface area contributed by atoms with Gasteiger partial charge >= 0.3 is 6.09 Å². The number of para-hydroxylation sites is 1. The lowest BCUT2D eigenvalue weighted by Crippen LogP contribution is -2.41. The second kappa shape index (κ2) is 11.0. The number of aromatic nitrogens is 2. The Kier molecular flexibility index (Phi) is 7.90. The summed E-state index contributed by atoms with van der Waals surface area (Å²) in [5, 5.41) is 4.27. The Bertz CT molecular complexity index is 1040. The molecule has 1 aliphatic heterocycles. The zero-order chi connectivity index (χ0) is 23.2. The average Bonchev–Trinajstić information content (AvgIpc) is 2.84. The van der Waals surface area contributed by atoms with Crippen LogP contribution in [0, 0.1) is 0 Å². The van der Waals surface area contributed by atoms with Crippen LogP contribution in [0.25, 0.3) is 10.9 Å². The highest BCUT2D eigenvalue weighted by Gasteiger charge is 2.28. The fourth-order valence-electron chi connectivity index (χ4n) is 4.72. The first-order valence-electron chi connectivity index (χ1n) is 11.9. The Morgan fingerprint density at radius 2 is 1.85 bits per heavy atom. The number of benzene rings is 1. The lowest BCUT2D eigenvalue weighted by Gasteiger charge is -2.33. The van der Waals surface area contributed by atoms with E-state index >= 15 is 0 Å². The fourth-order valence-corrected chi connectivity index (χ4v) is 5.59. The molecule has 0 unspecified atom stereocenters. The van der Waals surface area contributed by atoms with Crippen LogP contribution in [0.3, 0.4) is 0 Å². The Hall–Kier alpha value is -2.55. The van der Waals surface area contributed by atoms with E-state index in [-0.39, 0.29) is 35.4 Å². The number of nitrogens with one attached hydrogen (secondary N) is 1. The minimum Gasteiger partial charge on any atom is -0.450 e. The molecule has 0 radical (unpaired) electrons. The van der Waals surface area contributed by atoms with E-state index in [1.807, 2.05) is 18.2 Å². The summed E-state index contributed by atoms with van der Waals surface area (Å²) < 4.78 is 6.85. The SMILES string of the molecule is CCOC(=O)N1CCC(n2c(SCC(=O)NC3CCCCC3)nc3ccccc3c2=O)CC1. The van der Waals surface area contributed by atoms with Crippen LogP contribution in [-0.2, 0) is 9.53 Å². The van der Waals surface area contributed by atoms with E-state index in [2.05, 4.69) is 5.32 Å². The minimum absolute atomic E-state index is 0.0158. The van der Waals surface area contributed by atoms with Gasteiger partial charge in [0.1, 0.15) is 0 Å². The third kappa shape index (κ3) is 5.69. The van der Waals surface area contributed by atoms with Gasteiger partial charge in [0.25, 0.3) is 5.56 Å². The van der Waals surface area contributed by atoms with Gasteiger partial charge in [0.05, 0.1) is 23.3 Å². The van der Waals surface area contributed by atoms with Crippen molar-refractivity contribution in [3.05, 3.63) is 34.6 Å². The van der Waals surface area contributed by atoms with Crippen LogP contribution in [0.2, 0.25) is 0 Å². The van der Waals surface area contributed by atoms with Gasteiger partial charge in [-0.1, -0.05) is 43.2 Å². The molecule has 0 spiro atoms. The van der Waals surface area contributed by atoms with Crippen molar-refractivity contribution in [1.29, 1.82) is 0 Å². The first-order valence-corrected chi connectivity index (χ1v) is 12.9. The van der Waals surface area contributed by atoms with Crippen LogP contribution >= 0.6 is 11.8 Å². The summed E-state index contributed by atoms with van der Waals surface area (Å²) in [6, 6.07) is 7.50. The number of hydrogen-bond acceptors (Lipinski definition) is 6. The highest BCUT2D eigenvalue weighted by atomic mass is 32.2. The van der Waals surface area contributed by atoms with Crippen LogP contribution in [0.5, 0.6) is 0 Å². The van der Waals surface area contributed by atoms with E-state index in [1.165, 1.54) is 18.2 Å². The monoisotopic (exact) mass is 472 g/mol. The molecule has 0 bridgehead atoms. The average molecular weight is 473 g/mol. The summed E-state index contributed by atoms with van der Waals surface area (Å²) in [5.74, 6) is 0.209. The van der Waals surface area contributed by atoms with Gasteiger partial charge in [-0.25, -0.2) is 9.78 Å². The molecule has 1 aromatic heterocycles. The molecule has 1 aromatic carbocycles. The largest absolute Gasteiger partial charge is 0.450 e. The second-order valence-electron chi connectivity index (χ2n) is 8.69. The van der Waals surface area contributed by atoms with E-state index in [0.717, 1.165) is 25.7 Å². The molecular formula is C24H32N4O4S. The zero-order valence-corrected chi connectivity index (χ0v) is 19.9. The third-order valence-electron chi connectivity index (χ3n) is 6.43. The zero-order valence-electron chi connectivity index (χ0n) is 19.1. The number of carbonyl (C=O) groups is 2. The summed E-state index contributed by atoms with van der Waals surface area (Å²) in [5.41, 5.74) is 0.545. The summed E-state index contributed by atoms with van der Waals surface area (Å²) >= 11 is 1.32. The van der Waals surface area contributed by atoms with Crippen LogP contribution in [0.15, 0.2) is 34.2 Å². The molecule has 9 heteroatoms. The molecule has 2 aromatic rings. The van der Waals surface area contributed by atoms with Gasteiger partial charge in [0.15, 0.2) is 5.16 Å². The molecule has 0 atom stereocenters. The van der Waals surface area contributed by atoms with Crippen molar-refractivity contribution in [3.8, 4) is 0 Å². The molecule has 178 valence electrons. The molecule has 2 aliphatic rings. The Labute approximate surface area is 198 Å². The molecule has 1 N–H and O–H groups in total. The van der Waals surface area contributed by atoms with Crippen molar-refractivity contribution in [2.24, 2.45) is 0 Å². The van der Waals surface area contributed by atoms with Gasteiger partial charge in [0.2, 0.25) is 5.91 Å². The number of thioether (sulfide) groups is 1. The summed E-state index contributed by atoms with van der Waals surface area (Å²) in [6.45, 7) is 3.18. The number of carbonyl (C=O) groups excluding carboxylic acids is 2. The highest BCUT2D eigenvalue weighted by molar-refractivity contribution is 7.99. The van der Waals surface area contributed by atoms with Crippen molar-refractivity contribution in [3.63, 3.8) is 0 Å². The van der Waals surface area contributed by atoms with Crippen LogP contribution < -0.4 is 10.9 Å². The first-order chi connectivity index (χ1) is 16.1. The summed E-state index contributed by atoms with van der Waals surface area (Å²) in [6.07, 6.45) is 6.60. The van der Waals surface area contributed by atoms with Gasteiger partial charge < -0.3 is 15.0 Å². The van der Waals surface area contributed by atoms with Gasteiger partial charge in [-0.05, 0) is 44.7 Å². The quantitative estimate of drug-likeness (QED) is 0.509. The van der Waals surface area contributed by atoms with Crippen LogP contribution in [-0.4, -0.2) is 57.9 Å². The number of likely N-dealkylation sites (tertiary alicyclic amines) is 1. The van der Waals surface area contributed by atoms with Crippen molar-refractivity contribution in [2.75, 3.05) is 25.4 Å². The van der Waals surface area contributed by atoms with Gasteiger partial charge in [-0.15, -0.1) is 0 Å². The number of rotatable bonds is 6. The lowest BCUT2D eigenvalue weighted by atomic mass is 9.95. The third-order valence-corrected chi connectivity index (χ3v) is 7.39. The topological polar surface area (TPSA) is 93.5 Å². The minimum atomic E-state index is -0.311. The van der Waals surface area contributed by atoms with Crippen molar-refractivity contribution in [1.82, 2.24) is 19.8 Å². The maximum absolute atomic E-state index is 13.4. The maximum Gasteiger partial charge on any atom is 0.409 e. The van der Waals surface area contributed by atoms with E-state index in [9.17, 15) is 14.4 Å². The lowest BCUT2D eigenvalue weighted by molar-refractivity contribution is -0.119. The Morgan fingerprint density at radius 3 is 2.58 bits per heavy atom. The standard InChI is InChI=1S/C24H32N4O4S/c1-2-32-24(31)27-14-12-18(13-15-27)28-22(30)19-10-6-7-11-20(19)26-23(28)33-16-21(29)25-17-8-4-3-5-9-17/h6-7,10-11,17-18H,2-5,8-9,12-16H2,1H3,(H,25,29). The Balaban J connectivity index is 1.52. The predicted octanol–water partition coefficient (Wildman–Crippen LogP) is 3.73. The predicted molar refractivity (Wildman–Crippen MR) is 129 cm³/mol. The number of ether oxygens (including phenoxy) is 1. The molecule has 2 heterocycles. The van der Waals surface area contributed by atoms with Crippen LogP contribution in [0.4, 0.5) is 4.79 Å². The molecular weight excluding hydrogens is 440 g/mol. The van der Waals surface area contributed by atoms with Gasteiger partial charge in [0, 0.05) is 25.2 Å². The molecule has 33 heavy (non-hydrogen) atoms. The number of nitrogens with zero attached hydrogens (tertiary/aromatic N) is 3. The fraction of sp³-hybridized carbons (Fsp3) is 0.583. The molecule has 1 saturated carbocycles. The normalized spacial score (nSPS) is 17.8. The van der Waals surface area contributed by atoms with Crippen molar-refractivity contribution in [2.45, 2.75) is 69.1 Å². The molecule has 8 nitrogen and oxygen atoms in total. The van der Waals surface area contributed by atoms with Crippen molar-refractivity contribution >= 4 is 34.7 Å². The van der Waals surface area contributed by atoms with E-state index in [0.29, 0.717) is 48.6 Å². The molecule has 1 saturated heterocycles. The van der Waals surface area contributed by atoms with Gasteiger partial charge in [-0.2, -0.15) is 0 Å². The van der Waals surface area contributed by atoms with Gasteiger partial charge in [-0.3, -0.25) is 14.2 Å². The Morgan fingerprint density at radius 1 is 1.12 bits per heavy atom. The summed E-state index contributed by atoms with van der Waals surface area (Å²) in [7, 11) is 0. The molecule has 4 rings (SSSR count). The molecule has 2 fully saturated rings. The number of piperidine rings is 1. The van der Waals surface area contributed by atoms with Crippen molar-refractivity contribution < 1.29 is 14.3 Å². The number of hydrogen-bond donors (Lipinski definition) is 1. The molecule has 1 aliphatic carbocycles. The van der Waals surface area contributed by atoms with Crippen LogP contribution in [0.1, 0.15) is 57.9 Å². The second-order valence-corrected chi connectivity index (χ2v) is 9.64. The van der Waals surface area contributed by atoms with E-state index in [4.69, 9.17) is 9.72 Å². The van der Waals surface area contributed by atoms with E-state index < -0.39 is 0 Å². The molecule has 2 amide bonds. The summed E-state index contributed by atoms with van der Waals surface area (Å²) in [4.78, 5) is 44.5. The first kappa shape index (κ1) is 23.6. The number of amides is 2. The highest BCUT2D eigenvalue weighted by Crippen LogP contribution is 2.28. The smallest absolute Gasteiger partial charge is 0.409 e. The maximum atomic E-state index is 13.4. The van der Waals surface area contributed by atoms with E-state index in [1.54, 1.807) is 22.5 Å². The number of fused-ring (bicyclic) bond motifs is 1.